The zero-order valence-electron chi connectivity index (χ0n) is 8.68. The van der Waals surface area contributed by atoms with Gasteiger partial charge in [0.05, 0.1) is 0 Å². The Kier molecular flexibility index (Phi) is 2.44. The standard InChI is InChI=1S/C12H16BrN/c1-12(2)6-9-8(10(12)7-14)4-3-5-11(9)13/h3-5,10H,6-7,14H2,1-2H3. The van der Waals surface area contributed by atoms with Gasteiger partial charge in [-0.05, 0) is 35.6 Å². The lowest BCUT2D eigenvalue weighted by molar-refractivity contribution is 0.317. The highest BCUT2D eigenvalue weighted by atomic mass is 79.9. The zero-order valence-corrected chi connectivity index (χ0v) is 10.3. The van der Waals surface area contributed by atoms with Crippen molar-refractivity contribution in [1.82, 2.24) is 0 Å². The van der Waals surface area contributed by atoms with E-state index in [4.69, 9.17) is 5.73 Å². The first-order valence-corrected chi connectivity index (χ1v) is 5.83. The van der Waals surface area contributed by atoms with Crippen LogP contribution in [0.2, 0.25) is 0 Å². The summed E-state index contributed by atoms with van der Waals surface area (Å²) >= 11 is 3.61. The summed E-state index contributed by atoms with van der Waals surface area (Å²) in [6.45, 7) is 5.35. The molecule has 0 heterocycles. The van der Waals surface area contributed by atoms with Crippen molar-refractivity contribution >= 4 is 15.9 Å². The van der Waals surface area contributed by atoms with Crippen LogP contribution in [-0.4, -0.2) is 6.54 Å². The Hall–Kier alpha value is -0.340. The van der Waals surface area contributed by atoms with Crippen LogP contribution in [0.5, 0.6) is 0 Å². The van der Waals surface area contributed by atoms with Crippen molar-refractivity contribution < 1.29 is 0 Å². The van der Waals surface area contributed by atoms with Crippen LogP contribution < -0.4 is 5.73 Å². The average molecular weight is 254 g/mol. The van der Waals surface area contributed by atoms with Gasteiger partial charge < -0.3 is 5.73 Å². The molecule has 2 N–H and O–H groups in total. The molecule has 1 aromatic carbocycles. The van der Waals surface area contributed by atoms with Gasteiger partial charge in [-0.15, -0.1) is 0 Å². The number of fused-ring (bicyclic) bond motifs is 1. The van der Waals surface area contributed by atoms with Crippen LogP contribution in [0.1, 0.15) is 30.9 Å². The monoisotopic (exact) mass is 253 g/mol. The molecule has 1 unspecified atom stereocenters. The van der Waals surface area contributed by atoms with Gasteiger partial charge in [0.25, 0.3) is 0 Å². The van der Waals surface area contributed by atoms with Gasteiger partial charge in [0.15, 0.2) is 0 Å². The van der Waals surface area contributed by atoms with E-state index in [0.717, 1.165) is 13.0 Å². The Morgan fingerprint density at radius 1 is 1.50 bits per heavy atom. The quantitative estimate of drug-likeness (QED) is 0.818. The molecule has 1 aliphatic rings. The molecule has 1 aromatic rings. The van der Waals surface area contributed by atoms with E-state index in [1.165, 1.54) is 15.6 Å². The fourth-order valence-electron chi connectivity index (χ4n) is 2.53. The normalized spacial score (nSPS) is 23.6. The lowest BCUT2D eigenvalue weighted by Crippen LogP contribution is -2.24. The molecule has 2 heteroatoms. The maximum Gasteiger partial charge on any atom is 0.0210 e. The van der Waals surface area contributed by atoms with E-state index >= 15 is 0 Å². The number of halogens is 1. The maximum atomic E-state index is 5.86. The second-order valence-electron chi connectivity index (χ2n) is 4.76. The summed E-state index contributed by atoms with van der Waals surface area (Å²) in [6, 6.07) is 6.44. The molecule has 14 heavy (non-hydrogen) atoms. The highest BCUT2D eigenvalue weighted by Crippen LogP contribution is 2.48. The third-order valence-electron chi connectivity index (χ3n) is 3.34. The molecule has 0 spiro atoms. The minimum atomic E-state index is 0.307. The fraction of sp³-hybridized carbons (Fsp3) is 0.500. The van der Waals surface area contributed by atoms with Crippen LogP contribution in [0, 0.1) is 5.41 Å². The van der Waals surface area contributed by atoms with Crippen LogP contribution in [0.4, 0.5) is 0 Å². The van der Waals surface area contributed by atoms with E-state index in [9.17, 15) is 0 Å². The number of rotatable bonds is 1. The highest BCUT2D eigenvalue weighted by molar-refractivity contribution is 9.10. The average Bonchev–Trinajstić information content (AvgIpc) is 2.37. The first-order valence-electron chi connectivity index (χ1n) is 5.03. The van der Waals surface area contributed by atoms with Crippen molar-refractivity contribution in [3.8, 4) is 0 Å². The predicted octanol–water partition coefficient (Wildman–Crippen LogP) is 3.07. The molecular weight excluding hydrogens is 238 g/mol. The van der Waals surface area contributed by atoms with E-state index in [1.54, 1.807) is 0 Å². The molecule has 1 atom stereocenters. The third-order valence-corrected chi connectivity index (χ3v) is 4.08. The molecule has 0 saturated carbocycles. The van der Waals surface area contributed by atoms with Gasteiger partial charge in [0.1, 0.15) is 0 Å². The van der Waals surface area contributed by atoms with Gasteiger partial charge in [-0.1, -0.05) is 41.9 Å². The van der Waals surface area contributed by atoms with Gasteiger partial charge >= 0.3 is 0 Å². The summed E-state index contributed by atoms with van der Waals surface area (Å²) in [4.78, 5) is 0. The Bertz CT molecular complexity index is 357. The zero-order chi connectivity index (χ0) is 10.3. The SMILES string of the molecule is CC1(C)Cc2c(Br)cccc2C1CN. The number of hydrogen-bond acceptors (Lipinski definition) is 1. The highest BCUT2D eigenvalue weighted by Gasteiger charge is 2.38. The molecule has 0 aromatic heterocycles. The second-order valence-corrected chi connectivity index (χ2v) is 5.62. The number of benzene rings is 1. The van der Waals surface area contributed by atoms with Crippen LogP contribution in [0.15, 0.2) is 22.7 Å². The molecule has 0 aliphatic heterocycles. The molecule has 1 nitrogen and oxygen atoms in total. The maximum absolute atomic E-state index is 5.86. The summed E-state index contributed by atoms with van der Waals surface area (Å²) in [5.41, 5.74) is 9.05. The van der Waals surface area contributed by atoms with Crippen LogP contribution in [-0.2, 0) is 6.42 Å². The van der Waals surface area contributed by atoms with Gasteiger partial charge in [0, 0.05) is 10.4 Å². The largest absolute Gasteiger partial charge is 0.330 e. The van der Waals surface area contributed by atoms with Crippen LogP contribution >= 0.6 is 15.9 Å². The van der Waals surface area contributed by atoms with E-state index in [2.05, 4.69) is 48.0 Å². The van der Waals surface area contributed by atoms with Crippen molar-refractivity contribution in [3.63, 3.8) is 0 Å². The molecule has 0 bridgehead atoms. The number of hydrogen-bond donors (Lipinski definition) is 1. The topological polar surface area (TPSA) is 26.0 Å². The fourth-order valence-corrected chi connectivity index (χ4v) is 3.06. The van der Waals surface area contributed by atoms with E-state index < -0.39 is 0 Å². The summed E-state index contributed by atoms with van der Waals surface area (Å²) in [5, 5.41) is 0. The molecule has 0 amide bonds. The van der Waals surface area contributed by atoms with Crippen molar-refractivity contribution in [2.75, 3.05) is 6.54 Å². The Balaban J connectivity index is 2.53. The Labute approximate surface area is 93.8 Å². The first-order chi connectivity index (χ1) is 6.56. The van der Waals surface area contributed by atoms with Crippen molar-refractivity contribution in [3.05, 3.63) is 33.8 Å². The van der Waals surface area contributed by atoms with Gasteiger partial charge in [-0.2, -0.15) is 0 Å². The molecule has 0 fully saturated rings. The van der Waals surface area contributed by atoms with Crippen LogP contribution in [0.3, 0.4) is 0 Å². The van der Waals surface area contributed by atoms with E-state index in [-0.39, 0.29) is 0 Å². The Morgan fingerprint density at radius 3 is 2.86 bits per heavy atom. The van der Waals surface area contributed by atoms with Crippen molar-refractivity contribution in [2.24, 2.45) is 11.1 Å². The number of nitrogens with two attached hydrogens (primary N) is 1. The third kappa shape index (κ3) is 1.41. The predicted molar refractivity (Wildman–Crippen MR) is 63.4 cm³/mol. The molecule has 2 rings (SSSR count). The van der Waals surface area contributed by atoms with Gasteiger partial charge in [-0.25, -0.2) is 0 Å². The lowest BCUT2D eigenvalue weighted by Gasteiger charge is -2.26. The summed E-state index contributed by atoms with van der Waals surface area (Å²) in [5.74, 6) is 0.509. The summed E-state index contributed by atoms with van der Waals surface area (Å²) in [6.07, 6.45) is 1.13. The molecule has 76 valence electrons. The molecule has 0 saturated heterocycles. The molecular formula is C12H16BrN. The smallest absolute Gasteiger partial charge is 0.0210 e. The van der Waals surface area contributed by atoms with Crippen molar-refractivity contribution in [1.29, 1.82) is 0 Å². The lowest BCUT2D eigenvalue weighted by atomic mass is 9.80. The summed E-state index contributed by atoms with van der Waals surface area (Å²) < 4.78 is 1.24. The second kappa shape index (κ2) is 3.35. The minimum Gasteiger partial charge on any atom is -0.330 e. The Morgan fingerprint density at radius 2 is 2.21 bits per heavy atom. The van der Waals surface area contributed by atoms with E-state index in [0.29, 0.717) is 11.3 Å². The van der Waals surface area contributed by atoms with E-state index in [1.807, 2.05) is 0 Å². The minimum absolute atomic E-state index is 0.307. The first kappa shape index (κ1) is 10.2. The van der Waals surface area contributed by atoms with Crippen molar-refractivity contribution in [2.45, 2.75) is 26.2 Å². The summed E-state index contributed by atoms with van der Waals surface area (Å²) in [7, 11) is 0. The molecule has 1 aliphatic carbocycles. The van der Waals surface area contributed by atoms with Crippen LogP contribution in [0.25, 0.3) is 0 Å². The molecule has 0 radical (unpaired) electrons. The van der Waals surface area contributed by atoms with Gasteiger partial charge in [0.2, 0.25) is 0 Å². The van der Waals surface area contributed by atoms with Gasteiger partial charge in [-0.3, -0.25) is 0 Å².